The number of hydrogen-bond donors (Lipinski definition) is 3. The van der Waals surface area contributed by atoms with Crippen LogP contribution in [0.15, 0.2) is 17.7 Å². The maximum Gasteiger partial charge on any atom is 0.0556 e. The maximum absolute atomic E-state index is 8.85. The van der Waals surface area contributed by atoms with Gasteiger partial charge in [0.1, 0.15) is 0 Å². The highest BCUT2D eigenvalue weighted by atomic mass is 16.3. The second kappa shape index (κ2) is 5.55. The Kier molecular flexibility index (Phi) is 4.04. The summed E-state index contributed by atoms with van der Waals surface area (Å²) in [5.41, 5.74) is 6.45. The maximum atomic E-state index is 8.85. The molecule has 0 saturated carbocycles. The van der Waals surface area contributed by atoms with Gasteiger partial charge in [0.25, 0.3) is 0 Å². The van der Waals surface area contributed by atoms with Crippen LogP contribution in [0.5, 0.6) is 0 Å². The second-order valence-corrected chi connectivity index (χ2v) is 5.02. The summed E-state index contributed by atoms with van der Waals surface area (Å²) in [5.74, 6) is 0. The summed E-state index contributed by atoms with van der Waals surface area (Å²) in [6.07, 6.45) is 2.26. The molecule has 2 rings (SSSR count). The molecule has 1 atom stereocenters. The zero-order valence-electron chi connectivity index (χ0n) is 11.4. The lowest BCUT2D eigenvalue weighted by Crippen LogP contribution is -2.33. The minimum absolute atomic E-state index is 0.180. The zero-order valence-corrected chi connectivity index (χ0v) is 11.4. The number of aryl methyl sites for hydroxylation is 2. The average Bonchev–Trinajstić information content (AvgIpc) is 2.34. The number of nitrogens with one attached hydrogen (secondary N) is 2. The number of benzene rings is 1. The van der Waals surface area contributed by atoms with Gasteiger partial charge in [0.2, 0.25) is 0 Å². The summed E-state index contributed by atoms with van der Waals surface area (Å²) in [4.78, 5) is 0. The number of aliphatic hydroxyl groups excluding tert-OH is 1. The fraction of sp³-hybridized carbons (Fsp3) is 0.467. The third-order valence-electron chi connectivity index (χ3n) is 3.44. The van der Waals surface area contributed by atoms with Gasteiger partial charge in [-0.25, -0.2) is 0 Å². The van der Waals surface area contributed by atoms with E-state index in [0.717, 1.165) is 6.54 Å². The van der Waals surface area contributed by atoms with E-state index < -0.39 is 0 Å². The number of aliphatic hydroxyl groups is 1. The molecule has 18 heavy (non-hydrogen) atoms. The first kappa shape index (κ1) is 13.1. The van der Waals surface area contributed by atoms with Crippen LogP contribution < -0.4 is 10.6 Å². The molecule has 0 aliphatic carbocycles. The fourth-order valence-electron chi connectivity index (χ4n) is 2.49. The molecule has 0 bridgehead atoms. The van der Waals surface area contributed by atoms with Crippen LogP contribution in [0.3, 0.4) is 0 Å². The molecular formula is C15H22N2O. The van der Waals surface area contributed by atoms with E-state index >= 15 is 0 Å². The molecular weight excluding hydrogens is 224 g/mol. The van der Waals surface area contributed by atoms with Crippen LogP contribution in [0.2, 0.25) is 0 Å². The van der Waals surface area contributed by atoms with Crippen molar-refractivity contribution in [1.82, 2.24) is 5.32 Å². The number of rotatable bonds is 4. The average molecular weight is 246 g/mol. The van der Waals surface area contributed by atoms with Crippen LogP contribution in [0.1, 0.15) is 23.6 Å². The molecule has 0 spiro atoms. The van der Waals surface area contributed by atoms with Gasteiger partial charge in [-0.3, -0.25) is 0 Å². The van der Waals surface area contributed by atoms with Gasteiger partial charge in [-0.05, 0) is 43.5 Å². The van der Waals surface area contributed by atoms with Crippen LogP contribution in [0.4, 0.5) is 5.69 Å². The van der Waals surface area contributed by atoms with Crippen molar-refractivity contribution in [2.24, 2.45) is 0 Å². The van der Waals surface area contributed by atoms with Crippen molar-refractivity contribution in [3.8, 4) is 0 Å². The van der Waals surface area contributed by atoms with Gasteiger partial charge in [-0.2, -0.15) is 0 Å². The molecule has 1 aliphatic rings. The monoisotopic (exact) mass is 246 g/mol. The lowest BCUT2D eigenvalue weighted by atomic mass is 9.96. The van der Waals surface area contributed by atoms with Gasteiger partial charge in [-0.15, -0.1) is 0 Å². The minimum atomic E-state index is 0.180. The van der Waals surface area contributed by atoms with Crippen LogP contribution in [0.25, 0.3) is 6.08 Å². The summed E-state index contributed by atoms with van der Waals surface area (Å²) in [7, 11) is 0. The largest absolute Gasteiger partial charge is 0.395 e. The Balaban J connectivity index is 2.24. The highest BCUT2D eigenvalue weighted by molar-refractivity contribution is 5.75. The predicted octanol–water partition coefficient (Wildman–Crippen LogP) is 2.08. The molecule has 0 amide bonds. The van der Waals surface area contributed by atoms with Crippen molar-refractivity contribution in [1.29, 1.82) is 0 Å². The molecule has 1 aromatic rings. The number of fused-ring (bicyclic) bond motifs is 1. The third kappa shape index (κ3) is 2.74. The van der Waals surface area contributed by atoms with Crippen LogP contribution in [-0.2, 0) is 0 Å². The molecule has 1 aliphatic heterocycles. The number of hydrogen-bond acceptors (Lipinski definition) is 3. The van der Waals surface area contributed by atoms with Crippen molar-refractivity contribution < 1.29 is 5.11 Å². The van der Waals surface area contributed by atoms with E-state index in [2.05, 4.69) is 49.6 Å². The molecule has 0 saturated heterocycles. The summed E-state index contributed by atoms with van der Waals surface area (Å²) in [6, 6.07) is 4.71. The standard InChI is InChI=1S/C15H22N2O/c1-10-6-11(2)15-13(7-10)8-14(9-17-15)12(3)16-4-5-18/h6-8,12,16-18H,4-5,9H2,1-3H3. The van der Waals surface area contributed by atoms with E-state index in [9.17, 15) is 0 Å². The Labute approximate surface area is 109 Å². The predicted molar refractivity (Wildman–Crippen MR) is 76.9 cm³/mol. The van der Waals surface area contributed by atoms with E-state index in [1.165, 1.54) is 28.0 Å². The van der Waals surface area contributed by atoms with Gasteiger partial charge >= 0.3 is 0 Å². The van der Waals surface area contributed by atoms with Crippen molar-refractivity contribution in [2.45, 2.75) is 26.8 Å². The van der Waals surface area contributed by atoms with Crippen LogP contribution in [-0.4, -0.2) is 30.8 Å². The quantitative estimate of drug-likeness (QED) is 0.762. The van der Waals surface area contributed by atoms with E-state index in [0.29, 0.717) is 12.6 Å². The number of anilines is 1. The Morgan fingerprint density at radius 1 is 1.39 bits per heavy atom. The lowest BCUT2D eigenvalue weighted by molar-refractivity contribution is 0.289. The van der Waals surface area contributed by atoms with Gasteiger partial charge in [0.05, 0.1) is 6.61 Å². The normalized spacial score (nSPS) is 15.7. The van der Waals surface area contributed by atoms with Crippen LogP contribution in [0, 0.1) is 13.8 Å². The first-order valence-electron chi connectivity index (χ1n) is 6.51. The molecule has 3 N–H and O–H groups in total. The highest BCUT2D eigenvalue weighted by Crippen LogP contribution is 2.29. The summed E-state index contributed by atoms with van der Waals surface area (Å²) >= 11 is 0. The molecule has 0 fully saturated rings. The van der Waals surface area contributed by atoms with Crippen molar-refractivity contribution in [3.63, 3.8) is 0 Å². The van der Waals surface area contributed by atoms with Gasteiger partial charge in [0, 0.05) is 24.8 Å². The third-order valence-corrected chi connectivity index (χ3v) is 3.44. The Hall–Kier alpha value is -1.32. The van der Waals surface area contributed by atoms with Gasteiger partial charge < -0.3 is 15.7 Å². The van der Waals surface area contributed by atoms with Crippen LogP contribution >= 0.6 is 0 Å². The van der Waals surface area contributed by atoms with E-state index in [1.807, 2.05) is 0 Å². The Morgan fingerprint density at radius 3 is 2.89 bits per heavy atom. The highest BCUT2D eigenvalue weighted by Gasteiger charge is 2.15. The van der Waals surface area contributed by atoms with Gasteiger partial charge in [-0.1, -0.05) is 17.7 Å². The Morgan fingerprint density at radius 2 is 2.17 bits per heavy atom. The van der Waals surface area contributed by atoms with E-state index in [-0.39, 0.29) is 6.61 Å². The van der Waals surface area contributed by atoms with Crippen molar-refractivity contribution >= 4 is 11.8 Å². The topological polar surface area (TPSA) is 44.3 Å². The molecule has 0 aromatic heterocycles. The molecule has 98 valence electrons. The zero-order chi connectivity index (χ0) is 13.1. The molecule has 1 unspecified atom stereocenters. The van der Waals surface area contributed by atoms with E-state index in [4.69, 9.17) is 5.11 Å². The first-order valence-corrected chi connectivity index (χ1v) is 6.51. The van der Waals surface area contributed by atoms with E-state index in [1.54, 1.807) is 0 Å². The fourth-order valence-corrected chi connectivity index (χ4v) is 2.49. The van der Waals surface area contributed by atoms with Crippen molar-refractivity contribution in [2.75, 3.05) is 25.0 Å². The second-order valence-electron chi connectivity index (χ2n) is 5.02. The Bertz CT molecular complexity index is 466. The van der Waals surface area contributed by atoms with Crippen molar-refractivity contribution in [3.05, 3.63) is 34.4 Å². The summed E-state index contributed by atoms with van der Waals surface area (Å²) in [6.45, 7) is 8.10. The molecule has 3 nitrogen and oxygen atoms in total. The smallest absolute Gasteiger partial charge is 0.0556 e. The van der Waals surface area contributed by atoms with Gasteiger partial charge in [0.15, 0.2) is 0 Å². The summed E-state index contributed by atoms with van der Waals surface area (Å²) in [5, 5.41) is 15.6. The molecule has 1 aromatic carbocycles. The minimum Gasteiger partial charge on any atom is -0.395 e. The molecule has 1 heterocycles. The first-order chi connectivity index (χ1) is 8.61. The summed E-state index contributed by atoms with van der Waals surface area (Å²) < 4.78 is 0. The lowest BCUT2D eigenvalue weighted by Gasteiger charge is -2.25. The molecule has 3 heteroatoms. The molecule has 0 radical (unpaired) electrons. The SMILES string of the molecule is Cc1cc(C)c2c(c1)C=C(C(C)NCCO)CN2.